The summed E-state index contributed by atoms with van der Waals surface area (Å²) in [4.78, 5) is 22.3. The van der Waals surface area contributed by atoms with E-state index in [0.717, 1.165) is 17.7 Å². The molecule has 0 spiro atoms. The zero-order valence-electron chi connectivity index (χ0n) is 11.4. The summed E-state index contributed by atoms with van der Waals surface area (Å²) in [6.07, 6.45) is 0.516. The lowest BCUT2D eigenvalue weighted by Crippen LogP contribution is -2.20. The van der Waals surface area contributed by atoms with E-state index in [0.29, 0.717) is 12.0 Å². The van der Waals surface area contributed by atoms with E-state index in [1.54, 1.807) is 12.1 Å². The molecule has 0 unspecified atom stereocenters. The molecule has 0 aliphatic heterocycles. The molecule has 2 rings (SSSR count). The van der Waals surface area contributed by atoms with Crippen LogP contribution in [0.25, 0.3) is 0 Å². The van der Waals surface area contributed by atoms with Gasteiger partial charge in [-0.3, -0.25) is 9.59 Å². The van der Waals surface area contributed by atoms with Gasteiger partial charge in [0.05, 0.1) is 0 Å². The molecule has 0 bridgehead atoms. The topological polar surface area (TPSA) is 55.4 Å². The zero-order valence-corrected chi connectivity index (χ0v) is 11.4. The maximum Gasteiger partial charge on any atom is 0.262 e. The van der Waals surface area contributed by atoms with Crippen molar-refractivity contribution in [2.45, 2.75) is 6.92 Å². The Balaban J connectivity index is 1.93. The van der Waals surface area contributed by atoms with Crippen LogP contribution in [0.4, 0.5) is 10.1 Å². The molecule has 5 heteroatoms. The number of hydrogen-bond donors (Lipinski definition) is 1. The third kappa shape index (κ3) is 4.42. The third-order valence-electron chi connectivity index (χ3n) is 2.73. The van der Waals surface area contributed by atoms with E-state index in [1.165, 1.54) is 6.07 Å². The van der Waals surface area contributed by atoms with Crippen molar-refractivity contribution in [3.8, 4) is 5.75 Å². The summed E-state index contributed by atoms with van der Waals surface area (Å²) in [6, 6.07) is 10.9. The third-order valence-corrected chi connectivity index (χ3v) is 2.73. The fraction of sp³-hybridized carbons (Fsp3) is 0.125. The van der Waals surface area contributed by atoms with Crippen LogP contribution in [0, 0.1) is 12.7 Å². The van der Waals surface area contributed by atoms with Crippen molar-refractivity contribution < 1.29 is 18.7 Å². The molecule has 1 N–H and O–H groups in total. The molecule has 0 aliphatic carbocycles. The summed E-state index contributed by atoms with van der Waals surface area (Å²) in [5.41, 5.74) is 1.90. The Labute approximate surface area is 121 Å². The number of rotatable bonds is 5. The Kier molecular flexibility index (Phi) is 4.66. The van der Waals surface area contributed by atoms with Gasteiger partial charge in [0.2, 0.25) is 0 Å². The number of aryl methyl sites for hydroxylation is 1. The lowest BCUT2D eigenvalue weighted by molar-refractivity contribution is -0.118. The van der Waals surface area contributed by atoms with Crippen LogP contribution < -0.4 is 10.1 Å². The van der Waals surface area contributed by atoms with Gasteiger partial charge in [0.25, 0.3) is 5.91 Å². The van der Waals surface area contributed by atoms with Gasteiger partial charge in [-0.1, -0.05) is 17.7 Å². The van der Waals surface area contributed by atoms with Crippen LogP contribution in [0.1, 0.15) is 15.9 Å². The van der Waals surface area contributed by atoms with E-state index in [9.17, 15) is 14.0 Å². The molecule has 4 nitrogen and oxygen atoms in total. The molecule has 21 heavy (non-hydrogen) atoms. The fourth-order valence-corrected chi connectivity index (χ4v) is 1.72. The Hall–Kier alpha value is -2.69. The normalized spacial score (nSPS) is 10.0. The molecule has 0 aromatic heterocycles. The molecule has 0 heterocycles. The van der Waals surface area contributed by atoms with Crippen LogP contribution in [0.3, 0.4) is 0 Å². The first kappa shape index (κ1) is 14.7. The van der Waals surface area contributed by atoms with E-state index in [-0.39, 0.29) is 23.8 Å². The number of carbonyl (C=O) groups excluding carboxylic acids is 2. The summed E-state index contributed by atoms with van der Waals surface area (Å²) in [7, 11) is 0. The fourth-order valence-electron chi connectivity index (χ4n) is 1.72. The summed E-state index contributed by atoms with van der Waals surface area (Å²) in [5, 5.41) is 2.66. The average Bonchev–Trinajstić information content (AvgIpc) is 2.47. The average molecular weight is 287 g/mol. The summed E-state index contributed by atoms with van der Waals surface area (Å²) < 4.78 is 18.4. The Bertz CT molecular complexity index is 653. The van der Waals surface area contributed by atoms with Gasteiger partial charge in [-0.15, -0.1) is 0 Å². The largest absolute Gasteiger partial charge is 0.484 e. The van der Waals surface area contributed by atoms with E-state index >= 15 is 0 Å². The molecular weight excluding hydrogens is 273 g/mol. The zero-order chi connectivity index (χ0) is 15.2. The van der Waals surface area contributed by atoms with Crippen LogP contribution >= 0.6 is 0 Å². The molecule has 0 fully saturated rings. The van der Waals surface area contributed by atoms with Gasteiger partial charge in [-0.2, -0.15) is 0 Å². The lowest BCUT2D eigenvalue weighted by atomic mass is 10.2. The first-order valence-corrected chi connectivity index (χ1v) is 6.32. The molecule has 2 aromatic carbocycles. The smallest absolute Gasteiger partial charge is 0.262 e. The lowest BCUT2D eigenvalue weighted by Gasteiger charge is -2.08. The molecule has 0 saturated heterocycles. The first-order valence-electron chi connectivity index (χ1n) is 6.32. The van der Waals surface area contributed by atoms with Gasteiger partial charge in [0.1, 0.15) is 17.9 Å². The van der Waals surface area contributed by atoms with E-state index < -0.39 is 5.82 Å². The molecule has 0 radical (unpaired) electrons. The van der Waals surface area contributed by atoms with Gasteiger partial charge < -0.3 is 10.1 Å². The maximum atomic E-state index is 13.2. The minimum atomic E-state index is -0.589. The van der Waals surface area contributed by atoms with Gasteiger partial charge in [0.15, 0.2) is 6.61 Å². The predicted molar refractivity (Wildman–Crippen MR) is 77.1 cm³/mol. The van der Waals surface area contributed by atoms with Gasteiger partial charge in [-0.05, 0) is 31.2 Å². The van der Waals surface area contributed by atoms with Crippen molar-refractivity contribution in [1.29, 1.82) is 0 Å². The second-order valence-corrected chi connectivity index (χ2v) is 4.54. The van der Waals surface area contributed by atoms with Crippen molar-refractivity contribution in [2.75, 3.05) is 11.9 Å². The highest BCUT2D eigenvalue weighted by atomic mass is 19.1. The minimum absolute atomic E-state index is 0.135. The molecule has 0 aliphatic rings. The summed E-state index contributed by atoms with van der Waals surface area (Å²) in [6.45, 7) is 1.68. The predicted octanol–water partition coefficient (Wildman–Crippen LogP) is 2.96. The number of ether oxygens (including phenoxy) is 1. The monoisotopic (exact) mass is 287 g/mol. The van der Waals surface area contributed by atoms with E-state index in [2.05, 4.69) is 5.32 Å². The summed E-state index contributed by atoms with van der Waals surface area (Å²) >= 11 is 0. The highest BCUT2D eigenvalue weighted by Crippen LogP contribution is 2.15. The number of benzene rings is 2. The highest BCUT2D eigenvalue weighted by molar-refractivity contribution is 5.91. The molecule has 0 atom stereocenters. The number of aldehydes is 1. The molecule has 2 aromatic rings. The number of nitrogens with one attached hydrogen (secondary N) is 1. The number of anilines is 1. The van der Waals surface area contributed by atoms with Crippen LogP contribution in [0.15, 0.2) is 42.5 Å². The second-order valence-electron chi connectivity index (χ2n) is 4.54. The number of halogens is 1. The number of hydrogen-bond acceptors (Lipinski definition) is 3. The quantitative estimate of drug-likeness (QED) is 0.860. The van der Waals surface area contributed by atoms with Crippen molar-refractivity contribution in [3.63, 3.8) is 0 Å². The van der Waals surface area contributed by atoms with E-state index in [1.807, 2.05) is 19.1 Å². The number of carbonyl (C=O) groups is 2. The Morgan fingerprint density at radius 1 is 1.24 bits per heavy atom. The van der Waals surface area contributed by atoms with Crippen molar-refractivity contribution in [3.05, 3.63) is 59.4 Å². The standard InChI is InChI=1S/C16H14FNO3/c1-11-2-4-14(5-3-11)18-16(20)10-21-15-7-12(9-19)6-13(17)8-15/h2-9H,10H2,1H3,(H,18,20). The molecule has 0 saturated carbocycles. The maximum absolute atomic E-state index is 13.2. The van der Waals surface area contributed by atoms with Gasteiger partial charge >= 0.3 is 0 Å². The van der Waals surface area contributed by atoms with Crippen LogP contribution in [-0.2, 0) is 4.79 Å². The molecular formula is C16H14FNO3. The van der Waals surface area contributed by atoms with Crippen LogP contribution in [0.5, 0.6) is 5.75 Å². The van der Waals surface area contributed by atoms with Gasteiger partial charge in [0, 0.05) is 17.3 Å². The van der Waals surface area contributed by atoms with Crippen molar-refractivity contribution >= 4 is 17.9 Å². The van der Waals surface area contributed by atoms with Crippen molar-refractivity contribution in [2.24, 2.45) is 0 Å². The first-order chi connectivity index (χ1) is 10.1. The van der Waals surface area contributed by atoms with Crippen LogP contribution in [0.2, 0.25) is 0 Å². The SMILES string of the molecule is Cc1ccc(NC(=O)COc2cc(F)cc(C=O)c2)cc1. The Morgan fingerprint density at radius 2 is 1.95 bits per heavy atom. The highest BCUT2D eigenvalue weighted by Gasteiger charge is 2.06. The second kappa shape index (κ2) is 6.65. The van der Waals surface area contributed by atoms with Crippen LogP contribution in [-0.4, -0.2) is 18.8 Å². The van der Waals surface area contributed by atoms with E-state index in [4.69, 9.17) is 4.74 Å². The van der Waals surface area contributed by atoms with Gasteiger partial charge in [-0.25, -0.2) is 4.39 Å². The number of amides is 1. The summed E-state index contributed by atoms with van der Waals surface area (Å²) in [5.74, 6) is -0.819. The van der Waals surface area contributed by atoms with Crippen molar-refractivity contribution in [1.82, 2.24) is 0 Å². The Morgan fingerprint density at radius 3 is 2.62 bits per heavy atom. The molecule has 108 valence electrons. The molecule has 1 amide bonds. The minimum Gasteiger partial charge on any atom is -0.484 e.